The number of aliphatic carboxylic acids is 1. The van der Waals surface area contributed by atoms with Gasteiger partial charge in [0.05, 0.1) is 6.42 Å². The Morgan fingerprint density at radius 3 is 2.62 bits per heavy atom. The summed E-state index contributed by atoms with van der Waals surface area (Å²) in [6, 6.07) is 9.91. The third kappa shape index (κ3) is 3.95. The van der Waals surface area contributed by atoms with Gasteiger partial charge in [-0.05, 0) is 19.4 Å². The molecule has 2 aromatic rings. The van der Waals surface area contributed by atoms with Crippen molar-refractivity contribution in [2.24, 2.45) is 0 Å². The zero-order valence-electron chi connectivity index (χ0n) is 11.8. The first kappa shape index (κ1) is 15.3. The second kappa shape index (κ2) is 6.58. The summed E-state index contributed by atoms with van der Waals surface area (Å²) in [6.45, 7) is 3.69. The molecule has 110 valence electrons. The quantitative estimate of drug-likeness (QED) is 0.655. The van der Waals surface area contributed by atoms with E-state index in [9.17, 15) is 9.59 Å². The molecule has 1 atom stereocenters. The number of nitrogens with zero attached hydrogens (tertiary/aromatic N) is 1. The smallest absolute Gasteiger partial charge is 0.308 e. The van der Waals surface area contributed by atoms with Crippen molar-refractivity contribution < 1.29 is 9.90 Å². The first-order valence-electron chi connectivity index (χ1n) is 6.50. The fraction of sp³-hybridized carbons (Fsp3) is 0.267. The number of hydrogen-bond acceptors (Lipinski definition) is 4. The van der Waals surface area contributed by atoms with E-state index in [1.54, 1.807) is 6.92 Å². The number of benzene rings is 1. The second-order valence-corrected chi connectivity index (χ2v) is 6.01. The number of carboxylic acid groups (broad SMARTS) is 1. The Morgan fingerprint density at radius 2 is 2.05 bits per heavy atom. The molecular formula is C15H16N2O3S. The lowest BCUT2D eigenvalue weighted by atomic mass is 10.2. The van der Waals surface area contributed by atoms with Crippen LogP contribution in [0.4, 0.5) is 0 Å². The van der Waals surface area contributed by atoms with Crippen molar-refractivity contribution in [1.82, 2.24) is 9.97 Å². The number of H-pyrrole nitrogens is 1. The summed E-state index contributed by atoms with van der Waals surface area (Å²) in [4.78, 5) is 29.6. The summed E-state index contributed by atoms with van der Waals surface area (Å²) in [6.07, 6.45) is -0.312. The van der Waals surface area contributed by atoms with Gasteiger partial charge in [-0.2, -0.15) is 0 Å². The van der Waals surface area contributed by atoms with Crippen LogP contribution >= 0.6 is 11.8 Å². The number of hydrogen-bond donors (Lipinski definition) is 2. The predicted molar refractivity (Wildman–Crippen MR) is 81.6 cm³/mol. The number of rotatable bonds is 5. The lowest BCUT2D eigenvalue weighted by Crippen LogP contribution is -2.20. The predicted octanol–water partition coefficient (Wildman–Crippen LogP) is 2.56. The van der Waals surface area contributed by atoms with Gasteiger partial charge < -0.3 is 10.1 Å². The van der Waals surface area contributed by atoms with E-state index in [1.807, 2.05) is 37.3 Å². The average Bonchev–Trinajstić information content (AvgIpc) is 2.43. The number of thioether (sulfide) groups is 1. The summed E-state index contributed by atoms with van der Waals surface area (Å²) >= 11 is 1.44. The van der Waals surface area contributed by atoms with E-state index in [-0.39, 0.29) is 22.8 Å². The van der Waals surface area contributed by atoms with E-state index in [0.29, 0.717) is 10.9 Å². The van der Waals surface area contributed by atoms with E-state index in [1.165, 1.54) is 11.8 Å². The lowest BCUT2D eigenvalue weighted by molar-refractivity contribution is -0.136. The molecule has 0 aliphatic rings. The highest BCUT2D eigenvalue weighted by molar-refractivity contribution is 7.99. The first-order chi connectivity index (χ1) is 9.97. The van der Waals surface area contributed by atoms with Crippen molar-refractivity contribution in [2.75, 3.05) is 0 Å². The van der Waals surface area contributed by atoms with Gasteiger partial charge in [-0.15, -0.1) is 0 Å². The fourth-order valence-corrected chi connectivity index (χ4v) is 2.93. The SMILES string of the molecule is Cc1nc(S[C@@H](C)c2ccccc2)[nH]c(=O)c1CC(=O)O. The van der Waals surface area contributed by atoms with Crippen molar-refractivity contribution in [2.45, 2.75) is 30.7 Å². The van der Waals surface area contributed by atoms with E-state index < -0.39 is 5.97 Å². The van der Waals surface area contributed by atoms with Crippen LogP contribution in [0.3, 0.4) is 0 Å². The Bertz CT molecular complexity index is 698. The molecule has 0 unspecified atom stereocenters. The Kier molecular flexibility index (Phi) is 4.80. The van der Waals surface area contributed by atoms with Crippen molar-refractivity contribution in [3.05, 3.63) is 57.5 Å². The molecule has 5 nitrogen and oxygen atoms in total. The molecule has 0 bridgehead atoms. The van der Waals surface area contributed by atoms with Gasteiger partial charge in [0.1, 0.15) is 0 Å². The minimum Gasteiger partial charge on any atom is -0.481 e. The van der Waals surface area contributed by atoms with E-state index >= 15 is 0 Å². The monoisotopic (exact) mass is 304 g/mol. The maximum atomic E-state index is 11.9. The van der Waals surface area contributed by atoms with Gasteiger partial charge in [0.2, 0.25) is 0 Å². The van der Waals surface area contributed by atoms with Gasteiger partial charge in [-0.3, -0.25) is 9.59 Å². The van der Waals surface area contributed by atoms with Gasteiger partial charge in [-0.1, -0.05) is 42.1 Å². The molecule has 1 aromatic carbocycles. The highest BCUT2D eigenvalue weighted by atomic mass is 32.2. The largest absolute Gasteiger partial charge is 0.481 e. The van der Waals surface area contributed by atoms with Crippen LogP contribution in [0.15, 0.2) is 40.3 Å². The minimum absolute atomic E-state index is 0.138. The number of aromatic nitrogens is 2. The van der Waals surface area contributed by atoms with Crippen LogP contribution in [0, 0.1) is 6.92 Å². The molecule has 1 heterocycles. The molecule has 1 aromatic heterocycles. The Morgan fingerprint density at radius 1 is 1.38 bits per heavy atom. The lowest BCUT2D eigenvalue weighted by Gasteiger charge is -2.11. The molecule has 2 rings (SSSR count). The number of carbonyl (C=O) groups is 1. The number of aryl methyl sites for hydroxylation is 1. The van der Waals surface area contributed by atoms with Crippen LogP contribution in [-0.2, 0) is 11.2 Å². The standard InChI is InChI=1S/C15H16N2O3S/c1-9-12(8-13(18)19)14(20)17-15(16-9)21-10(2)11-6-4-3-5-7-11/h3-7,10H,8H2,1-2H3,(H,18,19)(H,16,17,20)/t10-/m0/s1. The summed E-state index contributed by atoms with van der Waals surface area (Å²) in [5, 5.41) is 9.43. The molecule has 21 heavy (non-hydrogen) atoms. The van der Waals surface area contributed by atoms with Crippen LogP contribution in [0.2, 0.25) is 0 Å². The van der Waals surface area contributed by atoms with Crippen molar-refractivity contribution in [3.63, 3.8) is 0 Å². The molecule has 0 saturated heterocycles. The summed E-state index contributed by atoms with van der Waals surface area (Å²) in [5.41, 5.74) is 1.42. The first-order valence-corrected chi connectivity index (χ1v) is 7.38. The topological polar surface area (TPSA) is 83.0 Å². The summed E-state index contributed by atoms with van der Waals surface area (Å²) < 4.78 is 0. The van der Waals surface area contributed by atoms with Crippen molar-refractivity contribution in [3.8, 4) is 0 Å². The fourth-order valence-electron chi connectivity index (χ4n) is 1.96. The molecular weight excluding hydrogens is 288 g/mol. The Hall–Kier alpha value is -2.08. The number of aromatic amines is 1. The maximum Gasteiger partial charge on any atom is 0.308 e. The van der Waals surface area contributed by atoms with Crippen molar-refractivity contribution >= 4 is 17.7 Å². The molecule has 0 aliphatic heterocycles. The second-order valence-electron chi connectivity index (χ2n) is 4.68. The average molecular weight is 304 g/mol. The van der Waals surface area contributed by atoms with E-state index in [4.69, 9.17) is 5.11 Å². The molecule has 0 radical (unpaired) electrons. The number of nitrogens with one attached hydrogen (secondary N) is 1. The van der Waals surface area contributed by atoms with Crippen LogP contribution < -0.4 is 5.56 Å². The van der Waals surface area contributed by atoms with E-state index in [2.05, 4.69) is 9.97 Å². The molecule has 0 aliphatic carbocycles. The molecule has 6 heteroatoms. The van der Waals surface area contributed by atoms with Crippen LogP contribution in [0.1, 0.15) is 29.0 Å². The molecule has 2 N–H and O–H groups in total. The number of carboxylic acids is 1. The summed E-state index contributed by atoms with van der Waals surface area (Å²) in [5.74, 6) is -1.04. The highest BCUT2D eigenvalue weighted by Gasteiger charge is 2.14. The zero-order valence-corrected chi connectivity index (χ0v) is 12.6. The third-order valence-electron chi connectivity index (χ3n) is 3.09. The van der Waals surface area contributed by atoms with Crippen LogP contribution in [0.5, 0.6) is 0 Å². The van der Waals surface area contributed by atoms with E-state index in [0.717, 1.165) is 5.56 Å². The highest BCUT2D eigenvalue weighted by Crippen LogP contribution is 2.32. The normalized spacial score (nSPS) is 12.1. The van der Waals surface area contributed by atoms with Gasteiger partial charge in [0.25, 0.3) is 5.56 Å². The molecule has 0 amide bonds. The van der Waals surface area contributed by atoms with Gasteiger partial charge in [-0.25, -0.2) is 4.98 Å². The molecule has 0 saturated carbocycles. The zero-order chi connectivity index (χ0) is 15.4. The van der Waals surface area contributed by atoms with Gasteiger partial charge in [0, 0.05) is 16.5 Å². The maximum absolute atomic E-state index is 11.9. The van der Waals surface area contributed by atoms with Gasteiger partial charge in [0.15, 0.2) is 5.16 Å². The Labute approximate surface area is 126 Å². The minimum atomic E-state index is -1.04. The summed E-state index contributed by atoms with van der Waals surface area (Å²) in [7, 11) is 0. The van der Waals surface area contributed by atoms with Crippen LogP contribution in [0.25, 0.3) is 0 Å². The third-order valence-corrected chi connectivity index (χ3v) is 4.13. The Balaban J connectivity index is 2.22. The molecule has 0 spiro atoms. The van der Waals surface area contributed by atoms with Gasteiger partial charge >= 0.3 is 5.97 Å². The van der Waals surface area contributed by atoms with Crippen molar-refractivity contribution in [1.29, 1.82) is 0 Å². The molecule has 0 fully saturated rings. The van der Waals surface area contributed by atoms with Crippen LogP contribution in [-0.4, -0.2) is 21.0 Å².